The highest BCUT2D eigenvalue weighted by Crippen LogP contribution is 2.32. The molecule has 1 aliphatic rings. The topological polar surface area (TPSA) is 12.9 Å². The average molecular weight is 354 g/mol. The van der Waals surface area contributed by atoms with Crippen LogP contribution in [0.5, 0.6) is 0 Å². The van der Waals surface area contributed by atoms with Crippen LogP contribution >= 0.6 is 11.6 Å². The lowest BCUT2D eigenvalue weighted by molar-refractivity contribution is 0.296. The van der Waals surface area contributed by atoms with Gasteiger partial charge in [0.25, 0.3) is 0 Å². The summed E-state index contributed by atoms with van der Waals surface area (Å²) >= 11 is 5.95. The standard InChI is InChI=1S/C23H28ClN/c1-2-3-4-18-5-7-19(8-6-18)9-10-20-11-16-23(25-17-20)21-12-14-22(24)15-13-21/h3-4,11-19H,2,5-10H2,1H3/b4-3+/t18-,19-. The fourth-order valence-electron chi connectivity index (χ4n) is 3.73. The molecule has 0 N–H and O–H groups in total. The smallest absolute Gasteiger partial charge is 0.0702 e. The third kappa shape index (κ3) is 5.44. The van der Waals surface area contributed by atoms with Gasteiger partial charge in [0.1, 0.15) is 0 Å². The zero-order chi connectivity index (χ0) is 17.5. The second kappa shape index (κ2) is 9.20. The van der Waals surface area contributed by atoms with Gasteiger partial charge in [-0.2, -0.15) is 0 Å². The van der Waals surface area contributed by atoms with E-state index >= 15 is 0 Å². The van der Waals surface area contributed by atoms with Crippen LogP contribution in [0.3, 0.4) is 0 Å². The van der Waals surface area contributed by atoms with Gasteiger partial charge in [0, 0.05) is 16.8 Å². The Kier molecular flexibility index (Phi) is 6.69. The summed E-state index contributed by atoms with van der Waals surface area (Å²) in [5, 5.41) is 0.764. The van der Waals surface area contributed by atoms with Crippen LogP contribution < -0.4 is 0 Å². The number of pyridine rings is 1. The van der Waals surface area contributed by atoms with Crippen molar-refractivity contribution in [3.63, 3.8) is 0 Å². The fraction of sp³-hybridized carbons (Fsp3) is 0.435. The molecule has 1 heterocycles. The summed E-state index contributed by atoms with van der Waals surface area (Å²) in [6.07, 6.45) is 15.9. The maximum Gasteiger partial charge on any atom is 0.0702 e. The molecule has 1 aromatic heterocycles. The number of allylic oxidation sites excluding steroid dienone is 2. The first kappa shape index (κ1) is 18.2. The van der Waals surface area contributed by atoms with Gasteiger partial charge in [0.2, 0.25) is 0 Å². The summed E-state index contributed by atoms with van der Waals surface area (Å²) in [5.74, 6) is 1.72. The highest BCUT2D eigenvalue weighted by Gasteiger charge is 2.19. The summed E-state index contributed by atoms with van der Waals surface area (Å²) < 4.78 is 0. The molecule has 0 atom stereocenters. The van der Waals surface area contributed by atoms with Gasteiger partial charge in [0.05, 0.1) is 5.69 Å². The van der Waals surface area contributed by atoms with E-state index in [-0.39, 0.29) is 0 Å². The van der Waals surface area contributed by atoms with Crippen LogP contribution in [0, 0.1) is 11.8 Å². The maximum atomic E-state index is 5.95. The van der Waals surface area contributed by atoms with Crippen LogP contribution in [0.25, 0.3) is 11.3 Å². The largest absolute Gasteiger partial charge is 0.256 e. The number of nitrogens with zero attached hydrogens (tertiary/aromatic N) is 1. The molecule has 0 amide bonds. The van der Waals surface area contributed by atoms with Crippen LogP contribution in [0.1, 0.15) is 51.0 Å². The van der Waals surface area contributed by atoms with Crippen molar-refractivity contribution in [3.05, 3.63) is 65.3 Å². The van der Waals surface area contributed by atoms with Crippen molar-refractivity contribution >= 4 is 11.6 Å². The van der Waals surface area contributed by atoms with Crippen molar-refractivity contribution < 1.29 is 0 Å². The molecule has 0 saturated heterocycles. The van der Waals surface area contributed by atoms with E-state index in [1.165, 1.54) is 44.1 Å². The molecular formula is C23H28ClN. The summed E-state index contributed by atoms with van der Waals surface area (Å²) in [4.78, 5) is 4.64. The van der Waals surface area contributed by atoms with Crippen LogP contribution in [0.15, 0.2) is 54.7 Å². The van der Waals surface area contributed by atoms with Gasteiger partial charge in [-0.05, 0) is 80.5 Å². The molecular weight excluding hydrogens is 326 g/mol. The number of hydrogen-bond donors (Lipinski definition) is 0. The van der Waals surface area contributed by atoms with Crippen molar-refractivity contribution in [3.8, 4) is 11.3 Å². The molecule has 2 heteroatoms. The van der Waals surface area contributed by atoms with E-state index in [1.807, 2.05) is 30.5 Å². The van der Waals surface area contributed by atoms with Crippen molar-refractivity contribution in [2.75, 3.05) is 0 Å². The van der Waals surface area contributed by atoms with Crippen LogP contribution in [0.4, 0.5) is 0 Å². The molecule has 3 rings (SSSR count). The summed E-state index contributed by atoms with van der Waals surface area (Å²) in [6.45, 7) is 2.22. The highest BCUT2D eigenvalue weighted by atomic mass is 35.5. The lowest BCUT2D eigenvalue weighted by Crippen LogP contribution is -2.13. The Morgan fingerprint density at radius 1 is 1.04 bits per heavy atom. The Bertz CT molecular complexity index is 664. The molecule has 2 aromatic rings. The summed E-state index contributed by atoms with van der Waals surface area (Å²) in [7, 11) is 0. The number of benzene rings is 1. The van der Waals surface area contributed by atoms with Crippen LogP contribution in [-0.2, 0) is 6.42 Å². The summed E-state index contributed by atoms with van der Waals surface area (Å²) in [6, 6.07) is 12.2. The molecule has 1 aliphatic carbocycles. The monoisotopic (exact) mass is 353 g/mol. The Morgan fingerprint density at radius 3 is 2.44 bits per heavy atom. The third-order valence-corrected chi connectivity index (χ3v) is 5.59. The van der Waals surface area contributed by atoms with Gasteiger partial charge in [-0.25, -0.2) is 0 Å². The first-order valence-electron chi connectivity index (χ1n) is 9.62. The van der Waals surface area contributed by atoms with Gasteiger partial charge in [-0.3, -0.25) is 4.98 Å². The zero-order valence-corrected chi connectivity index (χ0v) is 15.9. The molecule has 1 nitrogen and oxygen atoms in total. The highest BCUT2D eigenvalue weighted by molar-refractivity contribution is 6.30. The first-order valence-corrected chi connectivity index (χ1v) is 10.00. The first-order chi connectivity index (χ1) is 12.2. The number of hydrogen-bond acceptors (Lipinski definition) is 1. The predicted molar refractivity (Wildman–Crippen MR) is 108 cm³/mol. The molecule has 0 aliphatic heterocycles. The van der Waals surface area contributed by atoms with E-state index in [2.05, 4.69) is 36.2 Å². The molecule has 0 unspecified atom stereocenters. The number of halogens is 1. The zero-order valence-electron chi connectivity index (χ0n) is 15.1. The minimum atomic E-state index is 0.764. The third-order valence-electron chi connectivity index (χ3n) is 5.34. The Labute approximate surface area is 157 Å². The van der Waals surface area contributed by atoms with E-state index in [1.54, 1.807) is 0 Å². The van der Waals surface area contributed by atoms with Crippen LogP contribution in [-0.4, -0.2) is 4.98 Å². The molecule has 1 aromatic carbocycles. The molecule has 132 valence electrons. The molecule has 1 fully saturated rings. The maximum absolute atomic E-state index is 5.95. The molecule has 0 spiro atoms. The SMILES string of the molecule is CC/C=C/[C@H]1CC[C@H](CCc2ccc(-c3ccc(Cl)cc3)nc2)CC1. The van der Waals surface area contributed by atoms with Gasteiger partial charge in [0.15, 0.2) is 0 Å². The van der Waals surface area contributed by atoms with Crippen molar-refractivity contribution in [2.24, 2.45) is 11.8 Å². The van der Waals surface area contributed by atoms with E-state index < -0.39 is 0 Å². The second-order valence-corrected chi connectivity index (χ2v) is 7.65. The van der Waals surface area contributed by atoms with E-state index in [9.17, 15) is 0 Å². The van der Waals surface area contributed by atoms with E-state index in [0.29, 0.717) is 0 Å². The Balaban J connectivity index is 1.48. The van der Waals surface area contributed by atoms with Gasteiger partial charge < -0.3 is 0 Å². The number of aryl methyl sites for hydroxylation is 1. The molecule has 0 bridgehead atoms. The molecule has 1 saturated carbocycles. The molecule has 25 heavy (non-hydrogen) atoms. The van der Waals surface area contributed by atoms with E-state index in [4.69, 9.17) is 11.6 Å². The van der Waals surface area contributed by atoms with Crippen molar-refractivity contribution in [1.82, 2.24) is 4.98 Å². The minimum absolute atomic E-state index is 0.764. The Morgan fingerprint density at radius 2 is 1.80 bits per heavy atom. The average Bonchev–Trinajstić information content (AvgIpc) is 2.67. The quantitative estimate of drug-likeness (QED) is 0.504. The van der Waals surface area contributed by atoms with Crippen molar-refractivity contribution in [1.29, 1.82) is 0 Å². The lowest BCUT2D eigenvalue weighted by atomic mass is 9.79. The van der Waals surface area contributed by atoms with E-state index in [0.717, 1.165) is 34.5 Å². The normalized spacial score (nSPS) is 20.9. The van der Waals surface area contributed by atoms with Gasteiger partial charge in [-0.1, -0.05) is 48.9 Å². The van der Waals surface area contributed by atoms with Gasteiger partial charge in [-0.15, -0.1) is 0 Å². The predicted octanol–water partition coefficient (Wildman–Crippen LogP) is 7.11. The number of rotatable bonds is 6. The van der Waals surface area contributed by atoms with Crippen LogP contribution in [0.2, 0.25) is 5.02 Å². The summed E-state index contributed by atoms with van der Waals surface area (Å²) in [5.41, 5.74) is 3.49. The van der Waals surface area contributed by atoms with Gasteiger partial charge >= 0.3 is 0 Å². The Hall–Kier alpha value is -1.60. The van der Waals surface area contributed by atoms with Crippen molar-refractivity contribution in [2.45, 2.75) is 51.9 Å². The molecule has 0 radical (unpaired) electrons. The second-order valence-electron chi connectivity index (χ2n) is 7.21. The lowest BCUT2D eigenvalue weighted by Gasteiger charge is -2.26. The fourth-order valence-corrected chi connectivity index (χ4v) is 3.86. The minimum Gasteiger partial charge on any atom is -0.256 e. The number of aromatic nitrogens is 1.